The van der Waals surface area contributed by atoms with Crippen molar-refractivity contribution in [1.29, 1.82) is 0 Å². The average Bonchev–Trinajstić information content (AvgIpc) is 2.58. The van der Waals surface area contributed by atoms with Gasteiger partial charge in [-0.1, -0.05) is 6.92 Å². The van der Waals surface area contributed by atoms with Crippen molar-refractivity contribution in [2.75, 3.05) is 6.54 Å². The number of aromatic nitrogens is 2. The van der Waals surface area contributed by atoms with Crippen molar-refractivity contribution in [1.82, 2.24) is 14.5 Å². The second kappa shape index (κ2) is 5.61. The zero-order valence-electron chi connectivity index (χ0n) is 10.5. The Balaban J connectivity index is 2.71. The summed E-state index contributed by atoms with van der Waals surface area (Å²) in [6.07, 6.45) is 2.18. The number of aryl methyl sites for hydroxylation is 1. The summed E-state index contributed by atoms with van der Waals surface area (Å²) in [5.41, 5.74) is 7.27. The second-order valence-electron chi connectivity index (χ2n) is 4.01. The molecule has 0 amide bonds. The fourth-order valence-corrected chi connectivity index (χ4v) is 2.81. The summed E-state index contributed by atoms with van der Waals surface area (Å²) < 4.78 is 28.0. The molecule has 0 aliphatic heterocycles. The van der Waals surface area contributed by atoms with Crippen LogP contribution in [0.3, 0.4) is 0 Å². The van der Waals surface area contributed by atoms with Crippen LogP contribution in [0.2, 0.25) is 0 Å². The largest absolute Gasteiger partial charge is 0.329 e. The van der Waals surface area contributed by atoms with Crippen LogP contribution in [-0.2, 0) is 23.6 Å². The summed E-state index contributed by atoms with van der Waals surface area (Å²) in [4.78, 5) is 0. The van der Waals surface area contributed by atoms with Crippen molar-refractivity contribution < 1.29 is 8.42 Å². The SMILES string of the molecule is CCC(CN)S(=O)(=O)NCc1cnn(C)c1C. The lowest BCUT2D eigenvalue weighted by Gasteiger charge is -2.14. The number of hydrogen-bond acceptors (Lipinski definition) is 4. The number of hydrogen-bond donors (Lipinski definition) is 2. The average molecular weight is 260 g/mol. The third-order valence-electron chi connectivity index (χ3n) is 2.96. The fraction of sp³-hybridized carbons (Fsp3) is 0.700. The highest BCUT2D eigenvalue weighted by molar-refractivity contribution is 7.90. The molecule has 1 heterocycles. The standard InChI is InChI=1S/C10H20N4O2S/c1-4-10(5-11)17(15,16)13-7-9-6-12-14(3)8(9)2/h6,10,13H,4-5,7,11H2,1-3H3. The van der Waals surface area contributed by atoms with Gasteiger partial charge in [0, 0.05) is 31.4 Å². The van der Waals surface area contributed by atoms with Crippen LogP contribution in [0.15, 0.2) is 6.20 Å². The van der Waals surface area contributed by atoms with E-state index in [1.165, 1.54) is 0 Å². The molecule has 0 aromatic carbocycles. The van der Waals surface area contributed by atoms with Crippen molar-refractivity contribution in [3.63, 3.8) is 0 Å². The number of rotatable bonds is 6. The van der Waals surface area contributed by atoms with E-state index in [0.29, 0.717) is 6.42 Å². The van der Waals surface area contributed by atoms with E-state index in [-0.39, 0.29) is 13.1 Å². The van der Waals surface area contributed by atoms with Gasteiger partial charge in [0.2, 0.25) is 10.0 Å². The van der Waals surface area contributed by atoms with Crippen LogP contribution in [0, 0.1) is 6.92 Å². The lowest BCUT2D eigenvalue weighted by molar-refractivity contribution is 0.560. The van der Waals surface area contributed by atoms with E-state index in [2.05, 4.69) is 9.82 Å². The first-order valence-corrected chi connectivity index (χ1v) is 7.13. The Bertz CT molecular complexity index is 463. The zero-order chi connectivity index (χ0) is 13.1. The van der Waals surface area contributed by atoms with Crippen LogP contribution >= 0.6 is 0 Å². The maximum atomic E-state index is 11.9. The molecule has 0 aliphatic rings. The Labute approximate surface area is 102 Å². The molecule has 0 bridgehead atoms. The fourth-order valence-electron chi connectivity index (χ4n) is 1.53. The van der Waals surface area contributed by atoms with Gasteiger partial charge < -0.3 is 5.73 Å². The monoisotopic (exact) mass is 260 g/mol. The highest BCUT2D eigenvalue weighted by atomic mass is 32.2. The zero-order valence-corrected chi connectivity index (χ0v) is 11.3. The molecule has 7 heteroatoms. The molecule has 3 N–H and O–H groups in total. The molecular weight excluding hydrogens is 240 g/mol. The summed E-state index contributed by atoms with van der Waals surface area (Å²) in [6.45, 7) is 4.11. The first-order valence-electron chi connectivity index (χ1n) is 5.58. The molecule has 6 nitrogen and oxygen atoms in total. The van der Waals surface area contributed by atoms with Gasteiger partial charge in [-0.25, -0.2) is 13.1 Å². The lowest BCUT2D eigenvalue weighted by atomic mass is 10.3. The number of nitrogens with zero attached hydrogens (tertiary/aromatic N) is 2. The minimum Gasteiger partial charge on any atom is -0.329 e. The molecule has 1 atom stereocenters. The van der Waals surface area contributed by atoms with Gasteiger partial charge in [0.15, 0.2) is 0 Å². The normalized spacial score (nSPS) is 13.9. The van der Waals surface area contributed by atoms with E-state index in [9.17, 15) is 8.42 Å². The Hall–Kier alpha value is -0.920. The maximum Gasteiger partial charge on any atom is 0.216 e. The van der Waals surface area contributed by atoms with E-state index in [1.54, 1.807) is 10.9 Å². The maximum absolute atomic E-state index is 11.9. The molecule has 0 spiro atoms. The van der Waals surface area contributed by atoms with Crippen molar-refractivity contribution in [3.05, 3.63) is 17.5 Å². The molecule has 1 aromatic heterocycles. The van der Waals surface area contributed by atoms with Gasteiger partial charge in [0.1, 0.15) is 0 Å². The first kappa shape index (κ1) is 14.1. The third kappa shape index (κ3) is 3.27. The lowest BCUT2D eigenvalue weighted by Crippen LogP contribution is -2.38. The van der Waals surface area contributed by atoms with Crippen molar-refractivity contribution in [3.8, 4) is 0 Å². The summed E-state index contributed by atoms with van der Waals surface area (Å²) in [6, 6.07) is 0. The molecular formula is C10H20N4O2S. The minimum atomic E-state index is -3.34. The Morgan fingerprint density at radius 3 is 2.65 bits per heavy atom. The molecule has 0 radical (unpaired) electrons. The van der Waals surface area contributed by atoms with Crippen LogP contribution in [0.25, 0.3) is 0 Å². The topological polar surface area (TPSA) is 90.0 Å². The summed E-state index contributed by atoms with van der Waals surface area (Å²) in [5, 5.41) is 3.53. The molecule has 98 valence electrons. The summed E-state index contributed by atoms with van der Waals surface area (Å²) >= 11 is 0. The predicted molar refractivity (Wildman–Crippen MR) is 66.8 cm³/mol. The van der Waals surface area contributed by atoms with Gasteiger partial charge in [-0.2, -0.15) is 5.10 Å². The van der Waals surface area contributed by atoms with E-state index in [4.69, 9.17) is 5.73 Å². The number of nitrogens with one attached hydrogen (secondary N) is 1. The second-order valence-corrected chi connectivity index (χ2v) is 6.06. The van der Waals surface area contributed by atoms with E-state index in [1.807, 2.05) is 20.9 Å². The van der Waals surface area contributed by atoms with Crippen LogP contribution in [0.1, 0.15) is 24.6 Å². The quantitative estimate of drug-likeness (QED) is 0.746. The molecule has 0 saturated heterocycles. The van der Waals surface area contributed by atoms with Gasteiger partial charge in [-0.3, -0.25) is 4.68 Å². The molecule has 1 unspecified atom stereocenters. The smallest absolute Gasteiger partial charge is 0.216 e. The van der Waals surface area contributed by atoms with Crippen molar-refractivity contribution in [2.24, 2.45) is 12.8 Å². The van der Waals surface area contributed by atoms with Gasteiger partial charge >= 0.3 is 0 Å². The highest BCUT2D eigenvalue weighted by Gasteiger charge is 2.22. The Kier molecular flexibility index (Phi) is 4.67. The number of sulfonamides is 1. The molecule has 1 rings (SSSR count). The van der Waals surface area contributed by atoms with E-state index < -0.39 is 15.3 Å². The highest BCUT2D eigenvalue weighted by Crippen LogP contribution is 2.08. The minimum absolute atomic E-state index is 0.137. The molecule has 0 saturated carbocycles. The van der Waals surface area contributed by atoms with Gasteiger partial charge in [-0.05, 0) is 13.3 Å². The Morgan fingerprint density at radius 1 is 1.59 bits per heavy atom. The number of nitrogens with two attached hydrogens (primary N) is 1. The van der Waals surface area contributed by atoms with Gasteiger partial charge in [0.05, 0.1) is 11.4 Å². The molecule has 1 aromatic rings. The van der Waals surface area contributed by atoms with Crippen molar-refractivity contribution >= 4 is 10.0 Å². The molecule has 17 heavy (non-hydrogen) atoms. The van der Waals surface area contributed by atoms with E-state index in [0.717, 1.165) is 11.3 Å². The van der Waals surface area contributed by atoms with Gasteiger partial charge in [-0.15, -0.1) is 0 Å². The van der Waals surface area contributed by atoms with Gasteiger partial charge in [0.25, 0.3) is 0 Å². The van der Waals surface area contributed by atoms with E-state index >= 15 is 0 Å². The van der Waals surface area contributed by atoms with Crippen LogP contribution in [0.5, 0.6) is 0 Å². The Morgan fingerprint density at radius 2 is 2.24 bits per heavy atom. The van der Waals surface area contributed by atoms with Crippen molar-refractivity contribution in [2.45, 2.75) is 32.1 Å². The molecule has 0 fully saturated rings. The summed E-state index contributed by atoms with van der Waals surface area (Å²) in [7, 11) is -1.52. The van der Waals surface area contributed by atoms with Crippen LogP contribution in [-0.4, -0.2) is 30.0 Å². The predicted octanol–water partition coefficient (Wildman–Crippen LogP) is -0.115. The summed E-state index contributed by atoms with van der Waals surface area (Å²) in [5.74, 6) is 0. The van der Waals surface area contributed by atoms with Crippen LogP contribution in [0.4, 0.5) is 0 Å². The van der Waals surface area contributed by atoms with Crippen LogP contribution < -0.4 is 10.5 Å². The molecule has 0 aliphatic carbocycles. The first-order chi connectivity index (χ1) is 7.92. The third-order valence-corrected chi connectivity index (χ3v) is 4.91.